The van der Waals surface area contributed by atoms with Crippen molar-refractivity contribution in [3.05, 3.63) is 23.3 Å². The Balaban J connectivity index is 2.66. The molecule has 0 aromatic carbocycles. The molecule has 50 valence electrons. The molecule has 0 radical (unpaired) electrons. The van der Waals surface area contributed by atoms with E-state index in [4.69, 9.17) is 0 Å². The summed E-state index contributed by atoms with van der Waals surface area (Å²) in [6, 6.07) is 0. The summed E-state index contributed by atoms with van der Waals surface area (Å²) in [7, 11) is 0. The maximum Gasteiger partial charge on any atom is -0.0276 e. The molecular weight excluding hydrogens is 108 g/mol. The lowest BCUT2D eigenvalue weighted by atomic mass is 10.2. The molecule has 0 saturated carbocycles. The van der Waals surface area contributed by atoms with E-state index in [0.717, 1.165) is 0 Å². The zero-order valence-electron chi connectivity index (χ0n) is 6.28. The molecule has 0 saturated heterocycles. The minimum Gasteiger partial charge on any atom is -0.0874 e. The van der Waals surface area contributed by atoms with Crippen LogP contribution in [-0.2, 0) is 0 Å². The first-order chi connectivity index (χ1) is 4.34. The summed E-state index contributed by atoms with van der Waals surface area (Å²) in [4.78, 5) is 0. The van der Waals surface area contributed by atoms with Crippen LogP contribution in [0.15, 0.2) is 23.3 Å². The van der Waals surface area contributed by atoms with E-state index in [1.54, 1.807) is 11.1 Å². The lowest BCUT2D eigenvalue weighted by molar-refractivity contribution is 0.899. The molecule has 0 N–H and O–H groups in total. The number of rotatable bonds is 1. The van der Waals surface area contributed by atoms with E-state index >= 15 is 0 Å². The molecule has 0 bridgehead atoms. The van der Waals surface area contributed by atoms with E-state index in [1.165, 1.54) is 19.3 Å². The van der Waals surface area contributed by atoms with Crippen LogP contribution in [0.1, 0.15) is 33.1 Å². The summed E-state index contributed by atoms with van der Waals surface area (Å²) >= 11 is 0. The Hall–Kier alpha value is -0.520. The summed E-state index contributed by atoms with van der Waals surface area (Å²) in [6.07, 6.45) is 8.36. The highest BCUT2D eigenvalue weighted by molar-refractivity contribution is 5.27. The fourth-order valence-electron chi connectivity index (χ4n) is 1.34. The van der Waals surface area contributed by atoms with Crippen LogP contribution in [0.25, 0.3) is 0 Å². The minimum atomic E-state index is 1.30. The maximum absolute atomic E-state index is 2.24. The molecule has 0 aliphatic heterocycles. The van der Waals surface area contributed by atoms with Gasteiger partial charge in [-0.1, -0.05) is 17.7 Å². The van der Waals surface area contributed by atoms with E-state index < -0.39 is 0 Å². The molecule has 0 heterocycles. The highest BCUT2D eigenvalue weighted by Gasteiger charge is 2.06. The van der Waals surface area contributed by atoms with Gasteiger partial charge in [0.25, 0.3) is 0 Å². The van der Waals surface area contributed by atoms with Crippen LogP contribution in [0.2, 0.25) is 0 Å². The monoisotopic (exact) mass is 122 g/mol. The molecule has 0 nitrogen and oxygen atoms in total. The highest BCUT2D eigenvalue weighted by Crippen LogP contribution is 2.25. The Labute approximate surface area is 57.3 Å². The maximum atomic E-state index is 2.24. The smallest absolute Gasteiger partial charge is 0.0276 e. The standard InChI is InChI=1S/C9H14/c1-3-5-9-7-4-6-8(9)2/h3,5H,4,6-7H2,1-2H3/b5-3-. The van der Waals surface area contributed by atoms with E-state index in [0.29, 0.717) is 0 Å². The summed E-state index contributed by atoms with van der Waals surface area (Å²) in [5.74, 6) is 0. The van der Waals surface area contributed by atoms with Gasteiger partial charge in [-0.3, -0.25) is 0 Å². The summed E-state index contributed by atoms with van der Waals surface area (Å²) in [5.41, 5.74) is 3.16. The molecule has 0 spiro atoms. The zero-order valence-corrected chi connectivity index (χ0v) is 6.28. The van der Waals surface area contributed by atoms with Crippen molar-refractivity contribution < 1.29 is 0 Å². The topological polar surface area (TPSA) is 0 Å². The second-order valence-electron chi connectivity index (χ2n) is 2.66. The van der Waals surface area contributed by atoms with Crippen LogP contribution in [-0.4, -0.2) is 0 Å². The van der Waals surface area contributed by atoms with Gasteiger partial charge >= 0.3 is 0 Å². The molecule has 0 aromatic heterocycles. The predicted molar refractivity (Wildman–Crippen MR) is 41.4 cm³/mol. The van der Waals surface area contributed by atoms with Gasteiger partial charge in [-0.25, -0.2) is 0 Å². The Morgan fingerprint density at radius 3 is 2.56 bits per heavy atom. The summed E-state index contributed by atoms with van der Waals surface area (Å²) < 4.78 is 0. The quantitative estimate of drug-likeness (QED) is 0.501. The molecule has 0 aromatic rings. The van der Waals surface area contributed by atoms with Gasteiger partial charge < -0.3 is 0 Å². The van der Waals surface area contributed by atoms with Crippen molar-refractivity contribution in [2.24, 2.45) is 0 Å². The third-order valence-electron chi connectivity index (χ3n) is 1.91. The van der Waals surface area contributed by atoms with E-state index in [2.05, 4.69) is 26.0 Å². The van der Waals surface area contributed by atoms with Gasteiger partial charge in [0.1, 0.15) is 0 Å². The number of hydrogen-bond acceptors (Lipinski definition) is 0. The first kappa shape index (κ1) is 6.60. The Bertz CT molecular complexity index is 149. The van der Waals surface area contributed by atoms with E-state index in [-0.39, 0.29) is 0 Å². The van der Waals surface area contributed by atoms with Crippen LogP contribution in [0.4, 0.5) is 0 Å². The first-order valence-corrected chi connectivity index (χ1v) is 3.66. The largest absolute Gasteiger partial charge is 0.0874 e. The molecule has 0 atom stereocenters. The molecule has 1 aliphatic carbocycles. The van der Waals surface area contributed by atoms with Crippen LogP contribution in [0.3, 0.4) is 0 Å². The molecule has 0 heteroatoms. The number of hydrogen-bond donors (Lipinski definition) is 0. The molecule has 0 unspecified atom stereocenters. The molecule has 1 rings (SSSR count). The van der Waals surface area contributed by atoms with Gasteiger partial charge in [0.15, 0.2) is 0 Å². The SMILES string of the molecule is C/C=C\C1=C(C)CCC1. The predicted octanol–water partition coefficient (Wildman–Crippen LogP) is 3.06. The van der Waals surface area contributed by atoms with Crippen LogP contribution >= 0.6 is 0 Å². The van der Waals surface area contributed by atoms with Crippen molar-refractivity contribution in [1.29, 1.82) is 0 Å². The molecule has 0 amide bonds. The fourth-order valence-corrected chi connectivity index (χ4v) is 1.34. The molecule has 1 aliphatic rings. The summed E-state index contributed by atoms with van der Waals surface area (Å²) in [6.45, 7) is 4.32. The second-order valence-corrected chi connectivity index (χ2v) is 2.66. The lowest BCUT2D eigenvalue weighted by Crippen LogP contribution is -1.71. The average Bonchev–Trinajstić information content (AvgIpc) is 2.18. The Morgan fingerprint density at radius 2 is 2.11 bits per heavy atom. The normalized spacial score (nSPS) is 20.2. The van der Waals surface area contributed by atoms with Crippen molar-refractivity contribution >= 4 is 0 Å². The zero-order chi connectivity index (χ0) is 6.69. The van der Waals surface area contributed by atoms with Gasteiger partial charge in [0.2, 0.25) is 0 Å². The van der Waals surface area contributed by atoms with Crippen LogP contribution < -0.4 is 0 Å². The molecular formula is C9H14. The number of allylic oxidation sites excluding steroid dienone is 4. The molecule has 9 heavy (non-hydrogen) atoms. The van der Waals surface area contributed by atoms with Crippen molar-refractivity contribution in [2.45, 2.75) is 33.1 Å². The van der Waals surface area contributed by atoms with Gasteiger partial charge in [-0.2, -0.15) is 0 Å². The Morgan fingerprint density at radius 1 is 1.33 bits per heavy atom. The van der Waals surface area contributed by atoms with Gasteiger partial charge in [-0.15, -0.1) is 0 Å². The summed E-state index contributed by atoms with van der Waals surface area (Å²) in [5, 5.41) is 0. The lowest BCUT2D eigenvalue weighted by Gasteiger charge is -1.91. The van der Waals surface area contributed by atoms with Gasteiger partial charge in [0.05, 0.1) is 0 Å². The van der Waals surface area contributed by atoms with Crippen molar-refractivity contribution in [3.8, 4) is 0 Å². The Kier molecular flexibility index (Phi) is 2.10. The van der Waals surface area contributed by atoms with E-state index in [1.807, 2.05) is 0 Å². The van der Waals surface area contributed by atoms with Gasteiger partial charge in [-0.05, 0) is 38.7 Å². The molecule has 0 fully saturated rings. The van der Waals surface area contributed by atoms with Crippen molar-refractivity contribution in [1.82, 2.24) is 0 Å². The fraction of sp³-hybridized carbons (Fsp3) is 0.556. The highest BCUT2D eigenvalue weighted by atomic mass is 14.1. The van der Waals surface area contributed by atoms with Crippen molar-refractivity contribution in [2.75, 3.05) is 0 Å². The van der Waals surface area contributed by atoms with Gasteiger partial charge in [0, 0.05) is 0 Å². The third-order valence-corrected chi connectivity index (χ3v) is 1.91. The average molecular weight is 122 g/mol. The van der Waals surface area contributed by atoms with Crippen LogP contribution in [0, 0.1) is 0 Å². The second kappa shape index (κ2) is 2.86. The van der Waals surface area contributed by atoms with E-state index in [9.17, 15) is 0 Å². The van der Waals surface area contributed by atoms with Crippen molar-refractivity contribution in [3.63, 3.8) is 0 Å². The van der Waals surface area contributed by atoms with Crippen LogP contribution in [0.5, 0.6) is 0 Å². The third kappa shape index (κ3) is 1.44. The first-order valence-electron chi connectivity index (χ1n) is 3.66. The minimum absolute atomic E-state index is 1.30.